The summed E-state index contributed by atoms with van der Waals surface area (Å²) < 4.78 is 11.1. The molecule has 1 fully saturated rings. The van der Waals surface area contributed by atoms with Crippen molar-refractivity contribution in [1.82, 2.24) is 10.2 Å². The molecule has 0 unspecified atom stereocenters. The molecule has 2 aliphatic rings. The third kappa shape index (κ3) is 4.76. The summed E-state index contributed by atoms with van der Waals surface area (Å²) >= 11 is 0. The van der Waals surface area contributed by atoms with Gasteiger partial charge in [0.1, 0.15) is 13.2 Å². The maximum Gasteiger partial charge on any atom is 0.321 e. The lowest BCUT2D eigenvalue weighted by atomic mass is 9.81. The Hall–Kier alpha value is -3.22. The fourth-order valence-corrected chi connectivity index (χ4v) is 4.12. The second kappa shape index (κ2) is 8.88. The van der Waals surface area contributed by atoms with Gasteiger partial charge in [0.2, 0.25) is 5.91 Å². The first kappa shape index (κ1) is 21.0. The van der Waals surface area contributed by atoms with Crippen LogP contribution in [0.2, 0.25) is 0 Å². The summed E-state index contributed by atoms with van der Waals surface area (Å²) in [5.74, 6) is 1.29. The zero-order valence-corrected chi connectivity index (χ0v) is 18.1. The van der Waals surface area contributed by atoms with E-state index in [9.17, 15) is 9.59 Å². The van der Waals surface area contributed by atoms with E-state index >= 15 is 0 Å². The maximum atomic E-state index is 13.0. The molecular weight excluding hydrogens is 394 g/mol. The van der Waals surface area contributed by atoms with Gasteiger partial charge in [0.25, 0.3) is 0 Å². The summed E-state index contributed by atoms with van der Waals surface area (Å²) in [6.45, 7) is 6.48. The average molecular weight is 424 g/mol. The highest BCUT2D eigenvalue weighted by Gasteiger charge is 2.39. The van der Waals surface area contributed by atoms with Crippen LogP contribution in [-0.2, 0) is 11.3 Å². The summed E-state index contributed by atoms with van der Waals surface area (Å²) in [6.07, 6.45) is 1.53. The fourth-order valence-electron chi connectivity index (χ4n) is 4.12. The van der Waals surface area contributed by atoms with E-state index in [4.69, 9.17) is 9.47 Å². The number of carbonyl (C=O) groups is 2. The van der Waals surface area contributed by atoms with E-state index < -0.39 is 5.41 Å². The van der Waals surface area contributed by atoms with Crippen molar-refractivity contribution in [3.8, 4) is 11.5 Å². The molecule has 0 saturated carbocycles. The van der Waals surface area contributed by atoms with Crippen LogP contribution in [0.25, 0.3) is 0 Å². The number of nitrogens with zero attached hydrogens (tertiary/aromatic N) is 1. The Balaban J connectivity index is 1.37. The van der Waals surface area contributed by atoms with Gasteiger partial charge in [-0.25, -0.2) is 4.79 Å². The Labute approximate surface area is 182 Å². The molecule has 2 heterocycles. The molecule has 7 nitrogen and oxygen atoms in total. The predicted octanol–water partition coefficient (Wildman–Crippen LogP) is 3.72. The SMILES string of the molecule is Cc1ccccc1CNC(=O)[C@@]1(C)CCCN(C(=O)Nc2ccc3c(c2)OCCO3)C1. The smallest absolute Gasteiger partial charge is 0.321 e. The van der Waals surface area contributed by atoms with Crippen LogP contribution in [0.4, 0.5) is 10.5 Å². The molecule has 0 aliphatic carbocycles. The number of anilines is 1. The van der Waals surface area contributed by atoms with E-state index in [0.717, 1.165) is 24.0 Å². The summed E-state index contributed by atoms with van der Waals surface area (Å²) in [5.41, 5.74) is 2.27. The second-order valence-electron chi connectivity index (χ2n) is 8.48. The predicted molar refractivity (Wildman–Crippen MR) is 118 cm³/mol. The largest absolute Gasteiger partial charge is 0.486 e. The molecule has 2 aromatic rings. The number of amides is 3. The number of hydrogen-bond acceptors (Lipinski definition) is 4. The Morgan fingerprint density at radius 3 is 2.68 bits per heavy atom. The molecule has 2 aliphatic heterocycles. The van der Waals surface area contributed by atoms with Crippen molar-refractivity contribution in [3.63, 3.8) is 0 Å². The fraction of sp³-hybridized carbons (Fsp3) is 0.417. The molecule has 4 rings (SSSR count). The van der Waals surface area contributed by atoms with Gasteiger partial charge in [-0.05, 0) is 49.9 Å². The minimum Gasteiger partial charge on any atom is -0.486 e. The van der Waals surface area contributed by atoms with Crippen molar-refractivity contribution in [2.24, 2.45) is 5.41 Å². The molecule has 0 aromatic heterocycles. The molecular formula is C24H29N3O4. The van der Waals surface area contributed by atoms with Crippen molar-refractivity contribution < 1.29 is 19.1 Å². The second-order valence-corrected chi connectivity index (χ2v) is 8.48. The van der Waals surface area contributed by atoms with Gasteiger partial charge < -0.3 is 25.0 Å². The van der Waals surface area contributed by atoms with Crippen molar-refractivity contribution in [1.29, 1.82) is 0 Å². The van der Waals surface area contributed by atoms with Crippen LogP contribution in [0.1, 0.15) is 30.9 Å². The van der Waals surface area contributed by atoms with E-state index in [1.807, 2.05) is 38.1 Å². The average Bonchev–Trinajstić information content (AvgIpc) is 2.78. The maximum absolute atomic E-state index is 13.0. The zero-order chi connectivity index (χ0) is 21.8. The van der Waals surface area contributed by atoms with E-state index in [2.05, 4.69) is 10.6 Å². The Morgan fingerprint density at radius 2 is 1.87 bits per heavy atom. The lowest BCUT2D eigenvalue weighted by Crippen LogP contribution is -2.52. The minimum absolute atomic E-state index is 0.0208. The molecule has 1 atom stereocenters. The van der Waals surface area contributed by atoms with Gasteiger partial charge in [0.05, 0.1) is 5.41 Å². The Bertz CT molecular complexity index is 977. The van der Waals surface area contributed by atoms with Crippen LogP contribution in [0.3, 0.4) is 0 Å². The molecule has 0 spiro atoms. The molecule has 3 amide bonds. The van der Waals surface area contributed by atoms with Gasteiger partial charge in [-0.15, -0.1) is 0 Å². The third-order valence-corrected chi connectivity index (χ3v) is 6.03. The Kier molecular flexibility index (Phi) is 6.02. The highest BCUT2D eigenvalue weighted by atomic mass is 16.6. The monoisotopic (exact) mass is 423 g/mol. The molecule has 2 N–H and O–H groups in total. The van der Waals surface area contributed by atoms with E-state index in [1.165, 1.54) is 0 Å². The van der Waals surface area contributed by atoms with Gasteiger partial charge in [-0.3, -0.25) is 4.79 Å². The standard InChI is InChI=1S/C24H29N3O4/c1-17-6-3-4-7-18(17)15-25-22(28)24(2)10-5-11-27(16-24)23(29)26-19-8-9-20-21(14-19)31-13-12-30-20/h3-4,6-9,14H,5,10-13,15-16H2,1-2H3,(H,25,28)(H,26,29)/t24-/m0/s1. The van der Waals surface area contributed by atoms with Crippen LogP contribution < -0.4 is 20.1 Å². The molecule has 0 bridgehead atoms. The van der Waals surface area contributed by atoms with E-state index in [0.29, 0.717) is 50.0 Å². The molecule has 164 valence electrons. The summed E-state index contributed by atoms with van der Waals surface area (Å²) in [5, 5.41) is 5.99. The van der Waals surface area contributed by atoms with E-state index in [1.54, 1.807) is 23.1 Å². The molecule has 7 heteroatoms. The van der Waals surface area contributed by atoms with Crippen LogP contribution in [-0.4, -0.2) is 43.1 Å². The van der Waals surface area contributed by atoms with Gasteiger partial charge >= 0.3 is 6.03 Å². The topological polar surface area (TPSA) is 79.9 Å². The number of aryl methyl sites for hydroxylation is 1. The molecule has 31 heavy (non-hydrogen) atoms. The number of piperidine rings is 1. The lowest BCUT2D eigenvalue weighted by Gasteiger charge is -2.39. The number of nitrogens with one attached hydrogen (secondary N) is 2. The highest BCUT2D eigenvalue weighted by molar-refractivity contribution is 5.91. The van der Waals surface area contributed by atoms with Crippen molar-refractivity contribution >= 4 is 17.6 Å². The summed E-state index contributed by atoms with van der Waals surface area (Å²) in [7, 11) is 0. The number of fused-ring (bicyclic) bond motifs is 1. The number of benzene rings is 2. The van der Waals surface area contributed by atoms with Crippen LogP contribution in [0.15, 0.2) is 42.5 Å². The number of rotatable bonds is 4. The van der Waals surface area contributed by atoms with Crippen molar-refractivity contribution in [2.45, 2.75) is 33.2 Å². The zero-order valence-electron chi connectivity index (χ0n) is 18.1. The summed E-state index contributed by atoms with van der Waals surface area (Å²) in [4.78, 5) is 27.6. The normalized spacial score (nSPS) is 20.1. The van der Waals surface area contributed by atoms with E-state index in [-0.39, 0.29) is 11.9 Å². The quantitative estimate of drug-likeness (QED) is 0.786. The summed E-state index contributed by atoms with van der Waals surface area (Å²) in [6, 6.07) is 13.2. The van der Waals surface area contributed by atoms with Gasteiger partial charge in [-0.1, -0.05) is 24.3 Å². The van der Waals surface area contributed by atoms with Gasteiger partial charge in [-0.2, -0.15) is 0 Å². The number of carbonyl (C=O) groups excluding carboxylic acids is 2. The van der Waals surface area contributed by atoms with Crippen LogP contribution >= 0.6 is 0 Å². The number of urea groups is 1. The van der Waals surface area contributed by atoms with Gasteiger partial charge in [0.15, 0.2) is 11.5 Å². The number of hydrogen-bond donors (Lipinski definition) is 2. The van der Waals surface area contributed by atoms with Gasteiger partial charge in [0, 0.05) is 31.4 Å². The van der Waals surface area contributed by atoms with Crippen LogP contribution in [0, 0.1) is 12.3 Å². The minimum atomic E-state index is -0.620. The van der Waals surface area contributed by atoms with Crippen molar-refractivity contribution in [3.05, 3.63) is 53.6 Å². The third-order valence-electron chi connectivity index (χ3n) is 6.03. The first-order chi connectivity index (χ1) is 14.9. The first-order valence-corrected chi connectivity index (χ1v) is 10.7. The number of ether oxygens (including phenoxy) is 2. The molecule has 2 aromatic carbocycles. The molecule has 1 saturated heterocycles. The van der Waals surface area contributed by atoms with Crippen molar-refractivity contribution in [2.75, 3.05) is 31.6 Å². The highest BCUT2D eigenvalue weighted by Crippen LogP contribution is 2.33. The number of likely N-dealkylation sites (tertiary alicyclic amines) is 1. The molecule has 0 radical (unpaired) electrons. The lowest BCUT2D eigenvalue weighted by molar-refractivity contribution is -0.132. The Morgan fingerprint density at radius 1 is 1.10 bits per heavy atom. The van der Waals surface area contributed by atoms with Crippen LogP contribution in [0.5, 0.6) is 11.5 Å². The first-order valence-electron chi connectivity index (χ1n) is 10.7.